The molecule has 2 unspecified atom stereocenters. The maximum atomic E-state index is 13.3. The molecule has 3 heterocycles. The summed E-state index contributed by atoms with van der Waals surface area (Å²) in [5.74, 6) is 1.69. The molecule has 184 valence electrons. The van der Waals surface area contributed by atoms with Gasteiger partial charge in [-0.2, -0.15) is 5.26 Å². The maximum Gasteiger partial charge on any atom is 0.270 e. The van der Waals surface area contributed by atoms with Crippen LogP contribution in [0.3, 0.4) is 0 Å². The van der Waals surface area contributed by atoms with E-state index in [0.29, 0.717) is 33.2 Å². The number of nitrogens with zero attached hydrogens (tertiary/aromatic N) is 4. The normalized spacial score (nSPS) is 22.1. The lowest BCUT2D eigenvalue weighted by Crippen LogP contribution is -2.42. The van der Waals surface area contributed by atoms with E-state index in [0.717, 1.165) is 43.7 Å². The Kier molecular flexibility index (Phi) is 9.00. The highest BCUT2D eigenvalue weighted by Crippen LogP contribution is 2.37. The molecular weight excluding hydrogens is 464 g/mol. The van der Waals surface area contributed by atoms with Crippen LogP contribution in [0.1, 0.15) is 76.0 Å². The number of thioether (sulfide) groups is 1. The lowest BCUT2D eigenvalue weighted by Gasteiger charge is -2.38. The molecule has 34 heavy (non-hydrogen) atoms. The number of carbonyl (C=O) groups is 1. The van der Waals surface area contributed by atoms with E-state index >= 15 is 0 Å². The first kappa shape index (κ1) is 26.5. The van der Waals surface area contributed by atoms with Gasteiger partial charge >= 0.3 is 0 Å². The Morgan fingerprint density at radius 2 is 1.79 bits per heavy atom. The molecule has 0 N–H and O–H groups in total. The van der Waals surface area contributed by atoms with E-state index < -0.39 is 0 Å². The molecule has 0 spiro atoms. The van der Waals surface area contributed by atoms with E-state index in [9.17, 15) is 14.9 Å². The van der Waals surface area contributed by atoms with Gasteiger partial charge in [-0.05, 0) is 43.2 Å². The van der Waals surface area contributed by atoms with Crippen molar-refractivity contribution in [1.29, 1.82) is 5.26 Å². The summed E-state index contributed by atoms with van der Waals surface area (Å²) in [6.07, 6.45) is 8.59. The first-order chi connectivity index (χ1) is 16.2. The lowest BCUT2D eigenvalue weighted by molar-refractivity contribution is -0.122. The van der Waals surface area contributed by atoms with E-state index in [-0.39, 0.29) is 17.0 Å². The summed E-state index contributed by atoms with van der Waals surface area (Å²) in [4.78, 5) is 30.7. The fraction of sp³-hybridized carbons (Fsp3) is 0.615. The van der Waals surface area contributed by atoms with Crippen LogP contribution in [0.15, 0.2) is 9.70 Å². The number of nitriles is 1. The lowest BCUT2D eigenvalue weighted by atomic mass is 9.91. The van der Waals surface area contributed by atoms with Crippen molar-refractivity contribution in [3.63, 3.8) is 0 Å². The third-order valence-corrected chi connectivity index (χ3v) is 8.15. The number of carbonyl (C=O) groups excluding carboxylic acids is 1. The molecule has 2 aliphatic heterocycles. The Balaban J connectivity index is 1.99. The van der Waals surface area contributed by atoms with Crippen molar-refractivity contribution in [2.24, 2.45) is 18.9 Å². The Labute approximate surface area is 213 Å². The zero-order valence-electron chi connectivity index (χ0n) is 21.0. The molecule has 6 nitrogen and oxygen atoms in total. The Morgan fingerprint density at radius 3 is 2.41 bits per heavy atom. The van der Waals surface area contributed by atoms with Crippen molar-refractivity contribution in [2.75, 3.05) is 24.5 Å². The molecule has 0 aliphatic carbocycles. The number of pyridine rings is 1. The van der Waals surface area contributed by atoms with Gasteiger partial charge in [-0.25, -0.2) is 0 Å². The quantitative estimate of drug-likeness (QED) is 0.277. The topological polar surface area (TPSA) is 69.3 Å². The Hall–Kier alpha value is -2.11. The number of hydrogen-bond donors (Lipinski definition) is 0. The molecule has 2 atom stereocenters. The van der Waals surface area contributed by atoms with Crippen LogP contribution in [0.4, 0.5) is 5.82 Å². The van der Waals surface area contributed by atoms with E-state index in [1.807, 2.05) is 6.08 Å². The van der Waals surface area contributed by atoms with Crippen LogP contribution in [0.5, 0.6) is 0 Å². The highest BCUT2D eigenvalue weighted by Gasteiger charge is 2.33. The van der Waals surface area contributed by atoms with Crippen LogP contribution in [0.25, 0.3) is 6.08 Å². The van der Waals surface area contributed by atoms with Crippen molar-refractivity contribution < 1.29 is 4.79 Å². The van der Waals surface area contributed by atoms with Gasteiger partial charge in [-0.15, -0.1) is 0 Å². The summed E-state index contributed by atoms with van der Waals surface area (Å²) in [5.41, 5.74) is 1.22. The van der Waals surface area contributed by atoms with E-state index in [4.69, 9.17) is 12.2 Å². The number of piperidine rings is 1. The zero-order chi connectivity index (χ0) is 25.0. The second-order valence-electron chi connectivity index (χ2n) is 9.81. The Bertz CT molecular complexity index is 1080. The Morgan fingerprint density at radius 1 is 1.15 bits per heavy atom. The third-order valence-electron chi connectivity index (χ3n) is 6.77. The summed E-state index contributed by atoms with van der Waals surface area (Å²) in [5, 5.41) is 9.69. The highest BCUT2D eigenvalue weighted by atomic mass is 32.2. The molecule has 3 rings (SSSR count). The zero-order valence-corrected chi connectivity index (χ0v) is 22.7. The summed E-state index contributed by atoms with van der Waals surface area (Å²) in [6.45, 7) is 10.7. The van der Waals surface area contributed by atoms with Crippen LogP contribution < -0.4 is 10.5 Å². The van der Waals surface area contributed by atoms with Gasteiger partial charge in [0.05, 0.1) is 4.91 Å². The summed E-state index contributed by atoms with van der Waals surface area (Å²) < 4.78 is 2.16. The van der Waals surface area contributed by atoms with Crippen molar-refractivity contribution >= 4 is 46.1 Å². The molecule has 0 saturated carbocycles. The average Bonchev–Trinajstić information content (AvgIpc) is 3.04. The molecule has 0 aromatic carbocycles. The van der Waals surface area contributed by atoms with Gasteiger partial charge in [0.1, 0.15) is 21.8 Å². The molecule has 0 bridgehead atoms. The molecule has 0 radical (unpaired) electrons. The maximum absolute atomic E-state index is 13.3. The molecular formula is C26H36N4O2S2. The second-order valence-corrected chi connectivity index (χ2v) is 11.5. The summed E-state index contributed by atoms with van der Waals surface area (Å²) in [7, 11) is 1.72. The summed E-state index contributed by atoms with van der Waals surface area (Å²) >= 11 is 6.85. The number of aromatic nitrogens is 1. The molecule has 2 aliphatic rings. The van der Waals surface area contributed by atoms with Crippen molar-refractivity contribution in [3.8, 4) is 6.07 Å². The molecule has 2 fully saturated rings. The van der Waals surface area contributed by atoms with Gasteiger partial charge in [0.25, 0.3) is 11.5 Å². The van der Waals surface area contributed by atoms with E-state index in [2.05, 4.69) is 31.7 Å². The number of rotatable bonds is 8. The fourth-order valence-corrected chi connectivity index (χ4v) is 6.42. The van der Waals surface area contributed by atoms with Crippen LogP contribution in [0, 0.1) is 30.1 Å². The number of hydrogen-bond acceptors (Lipinski definition) is 6. The number of anilines is 1. The fourth-order valence-electron chi connectivity index (χ4n) is 5.13. The molecule has 1 aromatic rings. The predicted octanol–water partition coefficient (Wildman–Crippen LogP) is 5.22. The average molecular weight is 501 g/mol. The van der Waals surface area contributed by atoms with Crippen LogP contribution in [0.2, 0.25) is 0 Å². The van der Waals surface area contributed by atoms with Gasteiger partial charge in [-0.1, -0.05) is 70.4 Å². The largest absolute Gasteiger partial charge is 0.357 e. The molecule has 2 saturated heterocycles. The van der Waals surface area contributed by atoms with Gasteiger partial charge in [-0.3, -0.25) is 19.1 Å². The monoisotopic (exact) mass is 500 g/mol. The minimum atomic E-state index is -0.294. The van der Waals surface area contributed by atoms with Gasteiger partial charge in [0.15, 0.2) is 0 Å². The SMILES string of the molecule is CCCCCCCN1C(=O)C(=Cc2c(C)c(C#N)c(=O)n(C)c2N2CC(C)CC(C)C2)SC1=S. The minimum Gasteiger partial charge on any atom is -0.357 e. The first-order valence-corrected chi connectivity index (χ1v) is 13.6. The standard InChI is InChI=1S/C26H36N4O2S2/c1-6-7-8-9-10-11-30-25(32)22(34-26(30)33)13-20-19(4)21(14-27)24(31)28(5)23(20)29-15-17(2)12-18(3)16-29/h13,17-18H,6-12,15-16H2,1-5H3. The van der Waals surface area contributed by atoms with Gasteiger partial charge in [0, 0.05) is 32.2 Å². The molecule has 1 amide bonds. The highest BCUT2D eigenvalue weighted by molar-refractivity contribution is 8.26. The van der Waals surface area contributed by atoms with Crippen LogP contribution in [-0.2, 0) is 11.8 Å². The minimum absolute atomic E-state index is 0.0800. The molecule has 8 heteroatoms. The number of unbranched alkanes of at least 4 members (excludes halogenated alkanes) is 4. The van der Waals surface area contributed by atoms with Gasteiger partial charge in [0.2, 0.25) is 0 Å². The predicted molar refractivity (Wildman–Crippen MR) is 145 cm³/mol. The van der Waals surface area contributed by atoms with Crippen molar-refractivity contribution in [2.45, 2.75) is 66.2 Å². The van der Waals surface area contributed by atoms with Crippen LogP contribution in [-0.4, -0.2) is 39.3 Å². The smallest absolute Gasteiger partial charge is 0.270 e. The summed E-state index contributed by atoms with van der Waals surface area (Å²) in [6, 6.07) is 2.08. The van der Waals surface area contributed by atoms with Gasteiger partial charge < -0.3 is 4.90 Å². The van der Waals surface area contributed by atoms with E-state index in [1.54, 1.807) is 23.4 Å². The molecule has 1 aromatic heterocycles. The van der Waals surface area contributed by atoms with Crippen LogP contribution >= 0.6 is 24.0 Å². The van der Waals surface area contributed by atoms with E-state index in [1.165, 1.54) is 31.0 Å². The number of thiocarbonyl (C=S) groups is 1. The second kappa shape index (κ2) is 11.5. The number of amides is 1. The third kappa shape index (κ3) is 5.58. The first-order valence-electron chi connectivity index (χ1n) is 12.3. The van der Waals surface area contributed by atoms with Crippen molar-refractivity contribution in [1.82, 2.24) is 9.47 Å². The van der Waals surface area contributed by atoms with Crippen molar-refractivity contribution in [3.05, 3.63) is 31.9 Å².